The lowest BCUT2D eigenvalue weighted by atomic mass is 9.88. The Bertz CT molecular complexity index is 1160. The molecular weight excluding hydrogens is 492 g/mol. The molecule has 1 aromatic heterocycles. The molecule has 1 fully saturated rings. The summed E-state index contributed by atoms with van der Waals surface area (Å²) in [5, 5.41) is 3.68. The van der Waals surface area contributed by atoms with Crippen molar-refractivity contribution in [2.45, 2.75) is 64.2 Å². The van der Waals surface area contributed by atoms with Gasteiger partial charge < -0.3 is 15.2 Å². The van der Waals surface area contributed by atoms with E-state index >= 15 is 0 Å². The van der Waals surface area contributed by atoms with Crippen molar-refractivity contribution in [2.24, 2.45) is 5.73 Å². The second kappa shape index (κ2) is 11.4. The second-order valence-electron chi connectivity index (χ2n) is 8.94. The van der Waals surface area contributed by atoms with Crippen molar-refractivity contribution in [3.8, 4) is 10.4 Å². The predicted octanol–water partition coefficient (Wildman–Crippen LogP) is 4.28. The first-order valence-electron chi connectivity index (χ1n) is 11.4. The molecular formula is C23H32N4O6S2. The van der Waals surface area contributed by atoms with Gasteiger partial charge in [0.2, 0.25) is 10.0 Å². The molecule has 10 nitrogen and oxygen atoms in total. The summed E-state index contributed by atoms with van der Waals surface area (Å²) in [5.41, 5.74) is 7.21. The summed E-state index contributed by atoms with van der Waals surface area (Å²) < 4.78 is 35.6. The number of carbonyl (C=O) groups excluding carboxylic acids is 2. The number of amides is 2. The Morgan fingerprint density at radius 2 is 1.94 bits per heavy atom. The SMILES string of the molecule is CC(C)OC(=O)Nc1ccc(-c2cnc(C3CCC(OC(N)=O)CC3)s2)c(CN(C)S(C)(=O)=O)c1. The van der Waals surface area contributed by atoms with Gasteiger partial charge >= 0.3 is 12.2 Å². The Labute approximate surface area is 209 Å². The van der Waals surface area contributed by atoms with E-state index in [2.05, 4.69) is 10.3 Å². The summed E-state index contributed by atoms with van der Waals surface area (Å²) in [7, 11) is -1.90. The number of carbonyl (C=O) groups is 2. The Hall–Kier alpha value is -2.70. The van der Waals surface area contributed by atoms with E-state index in [1.54, 1.807) is 43.5 Å². The Balaban J connectivity index is 1.83. The minimum absolute atomic E-state index is 0.131. The maximum absolute atomic E-state index is 12.1. The number of rotatable bonds is 8. The molecule has 1 aromatic carbocycles. The number of hydrogen-bond donors (Lipinski definition) is 2. The van der Waals surface area contributed by atoms with Crippen LogP contribution in [0.2, 0.25) is 0 Å². The van der Waals surface area contributed by atoms with E-state index < -0.39 is 22.2 Å². The molecule has 2 aromatic rings. The molecule has 2 amide bonds. The standard InChI is InChI=1S/C23H32N4O6S2/c1-14(2)32-23(29)26-17-7-10-19(16(11-17)13-27(3)35(4,30)31)20-12-25-21(34-20)15-5-8-18(9-6-15)33-22(24)28/h7,10-12,14-15,18H,5-6,8-9,13H2,1-4H3,(H2,24,28)(H,26,29). The van der Waals surface area contributed by atoms with Crippen molar-refractivity contribution in [3.63, 3.8) is 0 Å². The zero-order valence-electron chi connectivity index (χ0n) is 20.3. The van der Waals surface area contributed by atoms with Crippen LogP contribution in [0.1, 0.15) is 56.0 Å². The molecule has 0 bridgehead atoms. The van der Waals surface area contributed by atoms with Gasteiger partial charge in [-0.3, -0.25) is 5.32 Å². The van der Waals surface area contributed by atoms with Crippen LogP contribution < -0.4 is 11.1 Å². The Morgan fingerprint density at radius 3 is 2.54 bits per heavy atom. The molecule has 1 aliphatic rings. The summed E-state index contributed by atoms with van der Waals surface area (Å²) in [6.07, 6.45) is 4.37. The number of aromatic nitrogens is 1. The van der Waals surface area contributed by atoms with Crippen LogP contribution in [-0.4, -0.2) is 55.4 Å². The fraction of sp³-hybridized carbons (Fsp3) is 0.522. The second-order valence-corrected chi connectivity index (χ2v) is 12.1. The summed E-state index contributed by atoms with van der Waals surface area (Å²) in [6.45, 7) is 3.65. The number of benzene rings is 1. The van der Waals surface area contributed by atoms with Crippen molar-refractivity contribution in [3.05, 3.63) is 35.0 Å². The maximum atomic E-state index is 12.1. The van der Waals surface area contributed by atoms with Crippen LogP contribution in [0, 0.1) is 0 Å². The molecule has 0 atom stereocenters. The lowest BCUT2D eigenvalue weighted by Crippen LogP contribution is -2.26. The van der Waals surface area contributed by atoms with Gasteiger partial charge in [0.25, 0.3) is 0 Å². The third-order valence-electron chi connectivity index (χ3n) is 5.75. The molecule has 0 aliphatic heterocycles. The average molecular weight is 525 g/mol. The van der Waals surface area contributed by atoms with Gasteiger partial charge in [0, 0.05) is 31.4 Å². The van der Waals surface area contributed by atoms with E-state index in [1.165, 1.54) is 11.4 Å². The molecule has 12 heteroatoms. The number of hydrogen-bond acceptors (Lipinski definition) is 8. The third kappa shape index (κ3) is 7.64. The molecule has 0 radical (unpaired) electrons. The van der Waals surface area contributed by atoms with Gasteiger partial charge in [-0.05, 0) is 62.8 Å². The molecule has 0 unspecified atom stereocenters. The van der Waals surface area contributed by atoms with Crippen molar-refractivity contribution in [1.29, 1.82) is 0 Å². The van der Waals surface area contributed by atoms with E-state index in [1.807, 2.05) is 6.07 Å². The van der Waals surface area contributed by atoms with Crippen molar-refractivity contribution in [2.75, 3.05) is 18.6 Å². The maximum Gasteiger partial charge on any atom is 0.411 e. The monoisotopic (exact) mass is 524 g/mol. The average Bonchev–Trinajstić information content (AvgIpc) is 3.22. The van der Waals surface area contributed by atoms with Gasteiger partial charge in [-0.15, -0.1) is 11.3 Å². The largest absolute Gasteiger partial charge is 0.447 e. The highest BCUT2D eigenvalue weighted by Crippen LogP contribution is 2.39. The zero-order valence-corrected chi connectivity index (χ0v) is 21.9. The van der Waals surface area contributed by atoms with Gasteiger partial charge in [0.05, 0.1) is 22.2 Å². The van der Waals surface area contributed by atoms with E-state index in [-0.39, 0.29) is 24.7 Å². The van der Waals surface area contributed by atoms with Crippen LogP contribution in [-0.2, 0) is 26.0 Å². The number of nitrogens with zero attached hydrogens (tertiary/aromatic N) is 2. The van der Waals surface area contributed by atoms with Crippen LogP contribution in [0.3, 0.4) is 0 Å². The van der Waals surface area contributed by atoms with Gasteiger partial charge in [-0.2, -0.15) is 0 Å². The summed E-state index contributed by atoms with van der Waals surface area (Å²) >= 11 is 1.56. The number of primary amides is 1. The normalized spacial score (nSPS) is 18.5. The first-order valence-corrected chi connectivity index (χ1v) is 14.0. The quantitative estimate of drug-likeness (QED) is 0.525. The van der Waals surface area contributed by atoms with Crippen LogP contribution >= 0.6 is 11.3 Å². The Kier molecular flexibility index (Phi) is 8.73. The number of nitrogens with one attached hydrogen (secondary N) is 1. The fourth-order valence-electron chi connectivity index (χ4n) is 3.95. The summed E-state index contributed by atoms with van der Waals surface area (Å²) in [4.78, 5) is 28.6. The van der Waals surface area contributed by atoms with Gasteiger partial charge in [0.1, 0.15) is 6.10 Å². The highest BCUT2D eigenvalue weighted by atomic mass is 32.2. The number of ether oxygens (including phenoxy) is 2. The summed E-state index contributed by atoms with van der Waals surface area (Å²) in [5.74, 6) is 0.260. The molecule has 1 saturated carbocycles. The molecule has 3 rings (SSSR count). The lowest BCUT2D eigenvalue weighted by Gasteiger charge is -2.26. The van der Waals surface area contributed by atoms with E-state index in [4.69, 9.17) is 15.2 Å². The number of anilines is 1. The number of nitrogens with two attached hydrogens (primary N) is 1. The highest BCUT2D eigenvalue weighted by Gasteiger charge is 2.27. The molecule has 0 spiro atoms. The van der Waals surface area contributed by atoms with Crippen molar-refractivity contribution < 1.29 is 27.5 Å². The van der Waals surface area contributed by atoms with E-state index in [9.17, 15) is 18.0 Å². The van der Waals surface area contributed by atoms with Crippen LogP contribution in [0.15, 0.2) is 24.4 Å². The van der Waals surface area contributed by atoms with Crippen LogP contribution in [0.25, 0.3) is 10.4 Å². The predicted molar refractivity (Wildman–Crippen MR) is 135 cm³/mol. The minimum Gasteiger partial charge on any atom is -0.447 e. The fourth-order valence-corrected chi connectivity index (χ4v) is 5.48. The number of sulfonamides is 1. The first-order chi connectivity index (χ1) is 16.4. The Morgan fingerprint density at radius 1 is 1.26 bits per heavy atom. The van der Waals surface area contributed by atoms with Gasteiger partial charge in [-0.25, -0.2) is 27.3 Å². The van der Waals surface area contributed by atoms with Gasteiger partial charge in [-0.1, -0.05) is 6.07 Å². The smallest absolute Gasteiger partial charge is 0.411 e. The first kappa shape index (κ1) is 26.9. The molecule has 1 aliphatic carbocycles. The lowest BCUT2D eigenvalue weighted by molar-refractivity contribution is 0.0787. The minimum atomic E-state index is -3.41. The van der Waals surface area contributed by atoms with Crippen molar-refractivity contribution in [1.82, 2.24) is 9.29 Å². The third-order valence-corrected chi connectivity index (χ3v) is 8.20. The number of thiazole rings is 1. The van der Waals surface area contributed by atoms with Crippen molar-refractivity contribution >= 4 is 39.2 Å². The molecule has 35 heavy (non-hydrogen) atoms. The zero-order chi connectivity index (χ0) is 25.8. The van der Waals surface area contributed by atoms with Crippen LogP contribution in [0.5, 0.6) is 0 Å². The molecule has 0 saturated heterocycles. The topological polar surface area (TPSA) is 141 Å². The summed E-state index contributed by atoms with van der Waals surface area (Å²) in [6, 6.07) is 5.36. The molecule has 1 heterocycles. The van der Waals surface area contributed by atoms with Gasteiger partial charge in [0.15, 0.2) is 0 Å². The molecule has 3 N–H and O–H groups in total. The highest BCUT2D eigenvalue weighted by molar-refractivity contribution is 7.88. The van der Waals surface area contributed by atoms with E-state index in [0.29, 0.717) is 5.69 Å². The van der Waals surface area contributed by atoms with E-state index in [0.717, 1.165) is 53.0 Å². The molecule has 192 valence electrons. The van der Waals surface area contributed by atoms with Crippen LogP contribution in [0.4, 0.5) is 15.3 Å².